The fraction of sp³-hybridized carbons (Fsp3) is 1.00. The number of nitrogens with two attached hydrogens (primary N) is 1. The van der Waals surface area contributed by atoms with Gasteiger partial charge in [-0.05, 0) is 18.8 Å². The SMILES string of the molecule is NC(CO)C1CCCCCCC1. The molecule has 0 amide bonds. The molecule has 0 radical (unpaired) electrons. The first-order chi connectivity index (χ1) is 5.84. The van der Waals surface area contributed by atoms with E-state index in [0.29, 0.717) is 5.92 Å². The molecule has 0 bridgehead atoms. The number of hydrogen-bond acceptors (Lipinski definition) is 2. The normalized spacial score (nSPS) is 24.5. The van der Waals surface area contributed by atoms with Crippen LogP contribution in [0, 0.1) is 5.92 Å². The van der Waals surface area contributed by atoms with E-state index in [-0.39, 0.29) is 12.6 Å². The topological polar surface area (TPSA) is 46.2 Å². The number of hydrogen-bond donors (Lipinski definition) is 2. The van der Waals surface area contributed by atoms with Crippen LogP contribution in [0.1, 0.15) is 44.9 Å². The summed E-state index contributed by atoms with van der Waals surface area (Å²) in [5.41, 5.74) is 5.82. The van der Waals surface area contributed by atoms with Gasteiger partial charge in [-0.25, -0.2) is 0 Å². The van der Waals surface area contributed by atoms with Gasteiger partial charge in [-0.3, -0.25) is 0 Å². The third kappa shape index (κ3) is 3.11. The van der Waals surface area contributed by atoms with Crippen molar-refractivity contribution in [3.63, 3.8) is 0 Å². The van der Waals surface area contributed by atoms with Crippen molar-refractivity contribution in [3.8, 4) is 0 Å². The van der Waals surface area contributed by atoms with Crippen LogP contribution in [0.2, 0.25) is 0 Å². The molecule has 0 saturated heterocycles. The van der Waals surface area contributed by atoms with Gasteiger partial charge in [-0.1, -0.05) is 32.1 Å². The standard InChI is InChI=1S/C10H21NO/c11-10(8-12)9-6-4-2-1-3-5-7-9/h9-10,12H,1-8,11H2. The van der Waals surface area contributed by atoms with Crippen molar-refractivity contribution in [1.82, 2.24) is 0 Å². The molecule has 1 fully saturated rings. The second-order valence-electron chi connectivity index (χ2n) is 3.95. The zero-order chi connectivity index (χ0) is 8.81. The minimum atomic E-state index is 0.0306. The quantitative estimate of drug-likeness (QED) is 0.664. The van der Waals surface area contributed by atoms with Gasteiger partial charge in [0.05, 0.1) is 6.61 Å². The third-order valence-electron chi connectivity index (χ3n) is 2.97. The van der Waals surface area contributed by atoms with Gasteiger partial charge in [0.2, 0.25) is 0 Å². The molecular weight excluding hydrogens is 150 g/mol. The fourth-order valence-corrected chi connectivity index (χ4v) is 2.06. The van der Waals surface area contributed by atoms with Crippen LogP contribution in [-0.2, 0) is 0 Å². The molecule has 1 atom stereocenters. The molecule has 2 heteroatoms. The first-order valence-electron chi connectivity index (χ1n) is 5.21. The summed E-state index contributed by atoms with van der Waals surface area (Å²) in [4.78, 5) is 0. The highest BCUT2D eigenvalue weighted by Gasteiger charge is 2.17. The van der Waals surface area contributed by atoms with Crippen molar-refractivity contribution >= 4 is 0 Å². The molecule has 0 heterocycles. The molecule has 0 spiro atoms. The van der Waals surface area contributed by atoms with E-state index < -0.39 is 0 Å². The molecule has 3 N–H and O–H groups in total. The predicted molar refractivity (Wildman–Crippen MR) is 50.9 cm³/mol. The zero-order valence-corrected chi connectivity index (χ0v) is 7.84. The lowest BCUT2D eigenvalue weighted by Gasteiger charge is -2.24. The minimum Gasteiger partial charge on any atom is -0.395 e. The highest BCUT2D eigenvalue weighted by Crippen LogP contribution is 2.23. The van der Waals surface area contributed by atoms with E-state index in [9.17, 15) is 0 Å². The molecule has 1 saturated carbocycles. The maximum atomic E-state index is 8.92. The average molecular weight is 171 g/mol. The van der Waals surface area contributed by atoms with E-state index in [1.165, 1.54) is 44.9 Å². The largest absolute Gasteiger partial charge is 0.395 e. The smallest absolute Gasteiger partial charge is 0.0585 e. The summed E-state index contributed by atoms with van der Waals surface area (Å²) >= 11 is 0. The Kier molecular flexibility index (Phi) is 4.62. The van der Waals surface area contributed by atoms with Crippen LogP contribution in [0.4, 0.5) is 0 Å². The van der Waals surface area contributed by atoms with E-state index in [1.807, 2.05) is 0 Å². The van der Waals surface area contributed by atoms with Gasteiger partial charge in [-0.2, -0.15) is 0 Å². The van der Waals surface area contributed by atoms with Gasteiger partial charge in [0.15, 0.2) is 0 Å². The summed E-state index contributed by atoms with van der Waals surface area (Å²) < 4.78 is 0. The predicted octanol–water partition coefficient (Wildman–Crippen LogP) is 1.67. The molecule has 72 valence electrons. The summed E-state index contributed by atoms with van der Waals surface area (Å²) in [5, 5.41) is 8.92. The molecule has 1 rings (SSSR count). The molecule has 0 aliphatic heterocycles. The van der Waals surface area contributed by atoms with Crippen molar-refractivity contribution < 1.29 is 5.11 Å². The number of aliphatic hydroxyl groups excluding tert-OH is 1. The maximum Gasteiger partial charge on any atom is 0.0585 e. The van der Waals surface area contributed by atoms with E-state index in [0.717, 1.165) is 0 Å². The van der Waals surface area contributed by atoms with Gasteiger partial charge >= 0.3 is 0 Å². The molecular formula is C10H21NO. The van der Waals surface area contributed by atoms with Crippen molar-refractivity contribution in [2.45, 2.75) is 51.0 Å². The summed E-state index contributed by atoms with van der Waals surface area (Å²) in [6.45, 7) is 0.157. The lowest BCUT2D eigenvalue weighted by atomic mass is 9.86. The molecule has 1 aliphatic carbocycles. The molecule has 0 aromatic carbocycles. The van der Waals surface area contributed by atoms with Gasteiger partial charge in [-0.15, -0.1) is 0 Å². The van der Waals surface area contributed by atoms with Crippen LogP contribution in [0.15, 0.2) is 0 Å². The molecule has 0 aromatic heterocycles. The van der Waals surface area contributed by atoms with Gasteiger partial charge < -0.3 is 10.8 Å². The summed E-state index contributed by atoms with van der Waals surface area (Å²) in [5.74, 6) is 0.579. The Balaban J connectivity index is 2.29. The van der Waals surface area contributed by atoms with Gasteiger partial charge in [0.25, 0.3) is 0 Å². The van der Waals surface area contributed by atoms with E-state index in [2.05, 4.69) is 0 Å². The Morgan fingerprint density at radius 1 is 1.08 bits per heavy atom. The summed E-state index contributed by atoms with van der Waals surface area (Å²) in [6, 6.07) is 0.0306. The van der Waals surface area contributed by atoms with Crippen LogP contribution in [0.3, 0.4) is 0 Å². The van der Waals surface area contributed by atoms with E-state index in [1.54, 1.807) is 0 Å². The van der Waals surface area contributed by atoms with Gasteiger partial charge in [0.1, 0.15) is 0 Å². The van der Waals surface area contributed by atoms with Crippen LogP contribution in [0.5, 0.6) is 0 Å². The lowest BCUT2D eigenvalue weighted by Crippen LogP contribution is -2.33. The van der Waals surface area contributed by atoms with Crippen LogP contribution >= 0.6 is 0 Å². The van der Waals surface area contributed by atoms with Crippen molar-refractivity contribution in [3.05, 3.63) is 0 Å². The van der Waals surface area contributed by atoms with Crippen molar-refractivity contribution in [2.75, 3.05) is 6.61 Å². The lowest BCUT2D eigenvalue weighted by molar-refractivity contribution is 0.205. The Morgan fingerprint density at radius 2 is 1.58 bits per heavy atom. The molecule has 0 aromatic rings. The van der Waals surface area contributed by atoms with Crippen LogP contribution in [0.25, 0.3) is 0 Å². The number of rotatable bonds is 2. The highest BCUT2D eigenvalue weighted by atomic mass is 16.3. The molecule has 12 heavy (non-hydrogen) atoms. The van der Waals surface area contributed by atoms with E-state index >= 15 is 0 Å². The Labute approximate surface area is 75.2 Å². The summed E-state index contributed by atoms with van der Waals surface area (Å²) in [6.07, 6.45) is 9.16. The first kappa shape index (κ1) is 10.0. The van der Waals surface area contributed by atoms with Crippen LogP contribution in [-0.4, -0.2) is 17.8 Å². The monoisotopic (exact) mass is 171 g/mol. The third-order valence-corrected chi connectivity index (χ3v) is 2.97. The van der Waals surface area contributed by atoms with Crippen molar-refractivity contribution in [2.24, 2.45) is 11.7 Å². The first-order valence-corrected chi connectivity index (χ1v) is 5.21. The fourth-order valence-electron chi connectivity index (χ4n) is 2.06. The number of aliphatic hydroxyl groups is 1. The second kappa shape index (κ2) is 5.55. The Morgan fingerprint density at radius 3 is 2.08 bits per heavy atom. The van der Waals surface area contributed by atoms with Crippen LogP contribution < -0.4 is 5.73 Å². The van der Waals surface area contributed by atoms with Crippen molar-refractivity contribution in [1.29, 1.82) is 0 Å². The molecule has 2 nitrogen and oxygen atoms in total. The average Bonchev–Trinajstić information content (AvgIpc) is 2.02. The Bertz CT molecular complexity index is 108. The zero-order valence-electron chi connectivity index (χ0n) is 7.84. The van der Waals surface area contributed by atoms with E-state index in [4.69, 9.17) is 10.8 Å². The van der Waals surface area contributed by atoms with Gasteiger partial charge in [0, 0.05) is 6.04 Å². The highest BCUT2D eigenvalue weighted by molar-refractivity contribution is 4.73. The minimum absolute atomic E-state index is 0.0306. The Hall–Kier alpha value is -0.0800. The molecule has 1 unspecified atom stereocenters. The second-order valence-corrected chi connectivity index (χ2v) is 3.95. The molecule has 1 aliphatic rings. The maximum absolute atomic E-state index is 8.92. The summed E-state index contributed by atoms with van der Waals surface area (Å²) in [7, 11) is 0.